The monoisotopic (exact) mass is 479 g/mol. The van der Waals surface area contributed by atoms with Gasteiger partial charge in [0.05, 0.1) is 17.3 Å². The zero-order valence-corrected chi connectivity index (χ0v) is 19.3. The number of hydrogen-bond acceptors (Lipinski definition) is 4. The Morgan fingerprint density at radius 3 is 2.53 bits per heavy atom. The lowest BCUT2D eigenvalue weighted by molar-refractivity contribution is -0.132. The molecule has 1 N–H and O–H groups in total. The Balaban J connectivity index is 1.47. The van der Waals surface area contributed by atoms with E-state index < -0.39 is 11.7 Å². The molecule has 7 nitrogen and oxygen atoms in total. The Morgan fingerprint density at radius 2 is 1.85 bits per heavy atom. The molecule has 1 fully saturated rings. The molecule has 3 aromatic rings. The predicted octanol–water partition coefficient (Wildman–Crippen LogP) is 4.30. The number of likely N-dealkylation sites (tertiary alicyclic amines) is 1. The molecule has 174 valence electrons. The summed E-state index contributed by atoms with van der Waals surface area (Å²) in [6, 6.07) is 10.4. The van der Waals surface area contributed by atoms with E-state index in [1.807, 2.05) is 42.2 Å². The van der Waals surface area contributed by atoms with Crippen molar-refractivity contribution in [3.05, 3.63) is 76.5 Å². The van der Waals surface area contributed by atoms with Crippen molar-refractivity contribution in [2.45, 2.75) is 32.2 Å². The maximum atomic E-state index is 14.6. The highest BCUT2D eigenvalue weighted by molar-refractivity contribution is 6.34. The molecule has 34 heavy (non-hydrogen) atoms. The highest BCUT2D eigenvalue weighted by atomic mass is 35.5. The lowest BCUT2D eigenvalue weighted by Gasteiger charge is -2.32. The second-order valence-electron chi connectivity index (χ2n) is 7.88. The van der Waals surface area contributed by atoms with E-state index in [1.165, 1.54) is 18.5 Å². The molecular formula is C25H23ClFN5O2. The maximum absolute atomic E-state index is 14.6. The molecule has 4 rings (SSSR count). The Morgan fingerprint density at radius 1 is 1.15 bits per heavy atom. The molecule has 0 saturated carbocycles. The van der Waals surface area contributed by atoms with Gasteiger partial charge in [-0.3, -0.25) is 14.3 Å². The molecule has 2 amide bonds. The fourth-order valence-electron chi connectivity index (χ4n) is 3.84. The van der Waals surface area contributed by atoms with Gasteiger partial charge in [0.15, 0.2) is 11.6 Å². The number of carbonyl (C=O) groups excluding carboxylic acids is 2. The average molecular weight is 480 g/mol. The average Bonchev–Trinajstić information content (AvgIpc) is 3.26. The van der Waals surface area contributed by atoms with Crippen LogP contribution in [0.2, 0.25) is 5.02 Å². The number of benzene rings is 1. The van der Waals surface area contributed by atoms with Gasteiger partial charge in [0.25, 0.3) is 5.91 Å². The van der Waals surface area contributed by atoms with Crippen LogP contribution in [-0.2, 0) is 4.79 Å². The largest absolute Gasteiger partial charge is 0.343 e. The first-order chi connectivity index (χ1) is 16.5. The summed E-state index contributed by atoms with van der Waals surface area (Å²) in [5.41, 5.74) is 1.32. The highest BCUT2D eigenvalue weighted by Gasteiger charge is 2.28. The summed E-state index contributed by atoms with van der Waals surface area (Å²) in [6.07, 6.45) is 4.54. The van der Waals surface area contributed by atoms with Crippen LogP contribution in [0.15, 0.2) is 48.8 Å². The number of piperidine rings is 1. The first-order valence-corrected chi connectivity index (χ1v) is 11.4. The molecule has 0 bridgehead atoms. The summed E-state index contributed by atoms with van der Waals surface area (Å²) in [5.74, 6) is 4.37. The quantitative estimate of drug-likeness (QED) is 0.566. The molecular weight excluding hydrogens is 457 g/mol. The fraction of sp³-hybridized carbons (Fsp3) is 0.280. The van der Waals surface area contributed by atoms with Crippen molar-refractivity contribution in [1.82, 2.24) is 19.7 Å². The Bertz CT molecular complexity index is 1260. The van der Waals surface area contributed by atoms with Gasteiger partial charge in [0.1, 0.15) is 5.69 Å². The highest BCUT2D eigenvalue weighted by Crippen LogP contribution is 2.28. The van der Waals surface area contributed by atoms with Gasteiger partial charge in [-0.15, -0.1) is 0 Å². The molecule has 3 heterocycles. The SMILES string of the molecule is CCC(=O)N1CCC(n2ncc(Cl)c2C(=O)Nc2ncc(C#Cc3ccccc3)cc2F)CC1. The topological polar surface area (TPSA) is 80.1 Å². The first kappa shape index (κ1) is 23.5. The third kappa shape index (κ3) is 5.26. The normalized spacial score (nSPS) is 13.8. The number of aromatic nitrogens is 3. The van der Waals surface area contributed by atoms with Gasteiger partial charge >= 0.3 is 0 Å². The molecule has 1 aliphatic rings. The molecule has 2 aromatic heterocycles. The van der Waals surface area contributed by atoms with E-state index in [1.54, 1.807) is 4.68 Å². The van der Waals surface area contributed by atoms with Crippen LogP contribution in [0, 0.1) is 17.7 Å². The van der Waals surface area contributed by atoms with Crippen molar-refractivity contribution in [2.75, 3.05) is 18.4 Å². The fourth-order valence-corrected chi connectivity index (χ4v) is 4.06. The molecule has 1 aliphatic heterocycles. The number of rotatable bonds is 4. The summed E-state index contributed by atoms with van der Waals surface area (Å²) in [5, 5.41) is 6.92. The van der Waals surface area contributed by atoms with Crippen molar-refractivity contribution in [3.8, 4) is 11.8 Å². The number of halogens is 2. The number of carbonyl (C=O) groups is 2. The van der Waals surface area contributed by atoms with Gasteiger partial charge in [-0.25, -0.2) is 9.37 Å². The van der Waals surface area contributed by atoms with E-state index in [0.717, 1.165) is 5.56 Å². The van der Waals surface area contributed by atoms with Crippen LogP contribution in [0.4, 0.5) is 10.2 Å². The molecule has 0 aliphatic carbocycles. The van der Waals surface area contributed by atoms with Crippen molar-refractivity contribution < 1.29 is 14.0 Å². The van der Waals surface area contributed by atoms with Crippen LogP contribution in [-0.4, -0.2) is 44.6 Å². The third-order valence-electron chi connectivity index (χ3n) is 5.63. The van der Waals surface area contributed by atoms with Crippen molar-refractivity contribution in [1.29, 1.82) is 0 Å². The van der Waals surface area contributed by atoms with E-state index in [2.05, 4.69) is 27.2 Å². The number of amides is 2. The molecule has 0 spiro atoms. The van der Waals surface area contributed by atoms with Gasteiger partial charge < -0.3 is 10.2 Å². The summed E-state index contributed by atoms with van der Waals surface area (Å²) in [7, 11) is 0. The molecule has 0 atom stereocenters. The molecule has 0 unspecified atom stereocenters. The molecule has 1 aromatic carbocycles. The lowest BCUT2D eigenvalue weighted by Crippen LogP contribution is -2.39. The zero-order chi connectivity index (χ0) is 24.1. The predicted molar refractivity (Wildman–Crippen MR) is 127 cm³/mol. The minimum Gasteiger partial charge on any atom is -0.343 e. The second kappa shape index (κ2) is 10.5. The summed E-state index contributed by atoms with van der Waals surface area (Å²) in [4.78, 5) is 30.7. The number of nitrogens with one attached hydrogen (secondary N) is 1. The van der Waals surface area contributed by atoms with E-state index in [-0.39, 0.29) is 28.5 Å². The van der Waals surface area contributed by atoms with Crippen molar-refractivity contribution >= 4 is 29.2 Å². The van der Waals surface area contributed by atoms with Crippen molar-refractivity contribution in [2.24, 2.45) is 0 Å². The molecule has 1 saturated heterocycles. The van der Waals surface area contributed by atoms with Crippen LogP contribution in [0.25, 0.3) is 0 Å². The standard InChI is InChI=1S/C25H23ClFN5O2/c1-2-22(33)31-12-10-19(11-13-31)32-23(20(26)16-29-32)25(34)30-24-21(27)14-18(15-28-24)9-8-17-6-4-3-5-7-17/h3-7,14-16,19H,2,10-13H2,1H3,(H,28,30,34). The zero-order valence-electron chi connectivity index (χ0n) is 18.6. The first-order valence-electron chi connectivity index (χ1n) is 11.0. The van der Waals surface area contributed by atoms with Gasteiger partial charge in [-0.1, -0.05) is 48.6 Å². The number of hydrogen-bond donors (Lipinski definition) is 1. The van der Waals surface area contributed by atoms with Gasteiger partial charge in [0, 0.05) is 36.8 Å². The lowest BCUT2D eigenvalue weighted by atomic mass is 10.0. The Kier molecular flexibility index (Phi) is 7.24. The molecule has 9 heteroatoms. The Hall–Kier alpha value is -3.70. The van der Waals surface area contributed by atoms with E-state index in [9.17, 15) is 14.0 Å². The van der Waals surface area contributed by atoms with E-state index in [4.69, 9.17) is 11.6 Å². The smallest absolute Gasteiger partial charge is 0.276 e. The minimum atomic E-state index is -0.707. The Labute approximate surface area is 201 Å². The van der Waals surface area contributed by atoms with Gasteiger partial charge in [0.2, 0.25) is 5.91 Å². The van der Waals surface area contributed by atoms with Gasteiger partial charge in [-0.2, -0.15) is 5.10 Å². The summed E-state index contributed by atoms with van der Waals surface area (Å²) in [6.45, 7) is 2.99. The molecule has 0 radical (unpaired) electrons. The second-order valence-corrected chi connectivity index (χ2v) is 8.28. The third-order valence-corrected chi connectivity index (χ3v) is 5.91. The van der Waals surface area contributed by atoms with Crippen molar-refractivity contribution in [3.63, 3.8) is 0 Å². The van der Waals surface area contributed by atoms with Crippen LogP contribution in [0.3, 0.4) is 0 Å². The minimum absolute atomic E-state index is 0.0948. The van der Waals surface area contributed by atoms with E-state index in [0.29, 0.717) is 37.9 Å². The van der Waals surface area contributed by atoms with Gasteiger partial charge in [-0.05, 0) is 31.0 Å². The van der Waals surface area contributed by atoms with Crippen LogP contribution < -0.4 is 5.32 Å². The number of nitrogens with zero attached hydrogens (tertiary/aromatic N) is 4. The van der Waals surface area contributed by atoms with Crippen LogP contribution in [0.1, 0.15) is 53.8 Å². The van der Waals surface area contributed by atoms with Crippen LogP contribution in [0.5, 0.6) is 0 Å². The van der Waals surface area contributed by atoms with E-state index >= 15 is 0 Å². The maximum Gasteiger partial charge on any atom is 0.276 e. The summed E-state index contributed by atoms with van der Waals surface area (Å²) >= 11 is 6.25. The number of pyridine rings is 1. The number of anilines is 1. The van der Waals surface area contributed by atoms with Crippen LogP contribution >= 0.6 is 11.6 Å². The summed E-state index contributed by atoms with van der Waals surface area (Å²) < 4.78 is 16.2.